The molecule has 3 rings (SSSR count). The summed E-state index contributed by atoms with van der Waals surface area (Å²) < 4.78 is 0. The predicted molar refractivity (Wildman–Crippen MR) is 165 cm³/mol. The molecule has 0 atom stereocenters. The van der Waals surface area contributed by atoms with Gasteiger partial charge in [0.15, 0.2) is 11.9 Å². The summed E-state index contributed by atoms with van der Waals surface area (Å²) in [7, 11) is 0. The van der Waals surface area contributed by atoms with Gasteiger partial charge in [-0.2, -0.15) is 9.98 Å². The molecule has 0 aromatic heterocycles. The summed E-state index contributed by atoms with van der Waals surface area (Å²) in [6.45, 7) is 1.66. The SMILES string of the molecule is [NH]CCN(Cc1ccc(CN(CC[NH])/C(N)=N/C(N)=Nc2ccc(O)cc2)cc1)/C(N)=N/C(N)=Nc1ccc(O)cc1. The minimum absolute atomic E-state index is 0.0500. The van der Waals surface area contributed by atoms with Crippen LogP contribution in [0.15, 0.2) is 92.8 Å². The molecule has 2 radical (unpaired) electrons. The van der Waals surface area contributed by atoms with Crippen molar-refractivity contribution in [2.24, 2.45) is 42.9 Å². The summed E-state index contributed by atoms with van der Waals surface area (Å²) in [4.78, 5) is 20.2. The minimum Gasteiger partial charge on any atom is -0.508 e. The maximum atomic E-state index is 9.41. The van der Waals surface area contributed by atoms with Crippen molar-refractivity contribution in [3.63, 3.8) is 0 Å². The van der Waals surface area contributed by atoms with Crippen LogP contribution in [0.2, 0.25) is 0 Å². The van der Waals surface area contributed by atoms with Crippen LogP contribution in [-0.4, -0.2) is 70.0 Å². The standard InChI is InChI=1S/C28H36N12O2/c29-13-15-39(27(33)37-25(31)35-21-5-9-23(41)10-6-21)17-19-1-2-20(4-3-19)18-40(16-14-30)28(34)38-26(32)36-22-7-11-24(42)12-8-22/h1-12,29-30,41-42H,13-18H2,(H4,31,33,35,37)(H4,32,34,36,38). The predicted octanol–water partition coefficient (Wildman–Crippen LogP) is 1.19. The Hall–Kier alpha value is -5.34. The van der Waals surface area contributed by atoms with Crippen molar-refractivity contribution in [3.05, 3.63) is 83.9 Å². The lowest BCUT2D eigenvalue weighted by Crippen LogP contribution is -2.40. The number of rotatable bonds is 10. The Morgan fingerprint density at radius 1 is 0.571 bits per heavy atom. The fraction of sp³-hybridized carbons (Fsp3) is 0.214. The quantitative estimate of drug-likeness (QED) is 0.152. The number of benzene rings is 3. The van der Waals surface area contributed by atoms with Crippen molar-refractivity contribution in [3.8, 4) is 11.5 Å². The number of hydrogen-bond acceptors (Lipinski definition) is 4. The van der Waals surface area contributed by atoms with E-state index < -0.39 is 0 Å². The third-order valence-corrected chi connectivity index (χ3v) is 5.83. The van der Waals surface area contributed by atoms with Crippen molar-refractivity contribution >= 4 is 35.2 Å². The van der Waals surface area contributed by atoms with E-state index in [9.17, 15) is 10.2 Å². The molecule has 0 aliphatic carbocycles. The van der Waals surface area contributed by atoms with Gasteiger partial charge in [-0.15, -0.1) is 0 Å². The molecule has 0 bridgehead atoms. The van der Waals surface area contributed by atoms with Gasteiger partial charge in [0.25, 0.3) is 0 Å². The first-order valence-electron chi connectivity index (χ1n) is 13.0. The molecular weight excluding hydrogens is 536 g/mol. The average Bonchev–Trinajstić information content (AvgIpc) is 2.96. The highest BCUT2D eigenvalue weighted by atomic mass is 16.3. The molecule has 42 heavy (non-hydrogen) atoms. The van der Waals surface area contributed by atoms with Crippen LogP contribution in [0.3, 0.4) is 0 Å². The third-order valence-electron chi connectivity index (χ3n) is 5.83. The van der Waals surface area contributed by atoms with Gasteiger partial charge in [0.05, 0.1) is 11.4 Å². The van der Waals surface area contributed by atoms with Gasteiger partial charge in [-0.25, -0.2) is 9.98 Å². The lowest BCUT2D eigenvalue weighted by molar-refractivity contribution is 0.413. The van der Waals surface area contributed by atoms with E-state index in [2.05, 4.69) is 20.0 Å². The summed E-state index contributed by atoms with van der Waals surface area (Å²) in [5.41, 5.74) is 42.5. The molecule has 3 aromatic carbocycles. The number of phenols is 2. The average molecular weight is 573 g/mol. The van der Waals surface area contributed by atoms with Crippen LogP contribution < -0.4 is 34.4 Å². The van der Waals surface area contributed by atoms with Crippen LogP contribution in [0, 0.1) is 0 Å². The summed E-state index contributed by atoms with van der Waals surface area (Å²) in [6, 6.07) is 20.1. The van der Waals surface area contributed by atoms with Crippen molar-refractivity contribution in [1.29, 1.82) is 0 Å². The van der Waals surface area contributed by atoms with Gasteiger partial charge in [0.1, 0.15) is 11.5 Å². The summed E-state index contributed by atoms with van der Waals surface area (Å²) in [6.07, 6.45) is 0. The Morgan fingerprint density at radius 2 is 0.905 bits per heavy atom. The number of guanidine groups is 4. The monoisotopic (exact) mass is 572 g/mol. The van der Waals surface area contributed by atoms with E-state index in [0.29, 0.717) is 37.6 Å². The maximum absolute atomic E-state index is 9.41. The first kappa shape index (κ1) is 31.2. The highest BCUT2D eigenvalue weighted by molar-refractivity contribution is 5.95. The number of aliphatic imine (C=N–C) groups is 4. The molecular formula is C28H36N12O2. The number of hydrogen-bond donors (Lipinski definition) is 6. The number of nitrogens with two attached hydrogens (primary N) is 4. The molecule has 14 nitrogen and oxygen atoms in total. The Kier molecular flexibility index (Phi) is 11.5. The van der Waals surface area contributed by atoms with E-state index in [1.54, 1.807) is 34.1 Å². The molecule has 3 aromatic rings. The Bertz CT molecular complexity index is 1290. The third kappa shape index (κ3) is 10.0. The van der Waals surface area contributed by atoms with E-state index in [1.165, 1.54) is 24.3 Å². The molecule has 0 saturated heterocycles. The van der Waals surface area contributed by atoms with Crippen LogP contribution in [0.4, 0.5) is 11.4 Å². The maximum Gasteiger partial charge on any atom is 0.223 e. The van der Waals surface area contributed by atoms with E-state index in [-0.39, 0.29) is 48.4 Å². The van der Waals surface area contributed by atoms with Crippen molar-refractivity contribution in [2.75, 3.05) is 26.2 Å². The highest BCUT2D eigenvalue weighted by Gasteiger charge is 2.12. The minimum atomic E-state index is -0.0500. The zero-order chi connectivity index (χ0) is 30.5. The molecule has 0 aliphatic rings. The normalized spacial score (nSPS) is 12.8. The number of phenolic OH excluding ortho intramolecular Hbond substituents is 2. The van der Waals surface area contributed by atoms with Gasteiger partial charge < -0.3 is 42.9 Å². The molecule has 0 heterocycles. The molecule has 0 aliphatic heterocycles. The largest absolute Gasteiger partial charge is 0.508 e. The summed E-state index contributed by atoms with van der Waals surface area (Å²) in [5, 5.41) is 18.8. The van der Waals surface area contributed by atoms with Crippen LogP contribution >= 0.6 is 0 Å². The van der Waals surface area contributed by atoms with E-state index in [0.717, 1.165) is 11.1 Å². The second-order valence-electron chi connectivity index (χ2n) is 9.07. The lowest BCUT2D eigenvalue weighted by Gasteiger charge is -2.24. The fourth-order valence-corrected chi connectivity index (χ4v) is 3.76. The van der Waals surface area contributed by atoms with E-state index in [4.69, 9.17) is 34.4 Å². The van der Waals surface area contributed by atoms with Crippen molar-refractivity contribution in [1.82, 2.24) is 21.3 Å². The fourth-order valence-electron chi connectivity index (χ4n) is 3.76. The Balaban J connectivity index is 1.68. The summed E-state index contributed by atoms with van der Waals surface area (Å²) >= 11 is 0. The Labute approximate surface area is 244 Å². The van der Waals surface area contributed by atoms with E-state index in [1.807, 2.05) is 24.3 Å². The van der Waals surface area contributed by atoms with Gasteiger partial charge in [0.2, 0.25) is 11.9 Å². The van der Waals surface area contributed by atoms with Crippen LogP contribution in [0.5, 0.6) is 11.5 Å². The highest BCUT2D eigenvalue weighted by Crippen LogP contribution is 2.18. The molecule has 12 N–H and O–H groups in total. The topological polar surface area (TPSA) is 248 Å². The van der Waals surface area contributed by atoms with Crippen LogP contribution in [-0.2, 0) is 13.1 Å². The zero-order valence-corrected chi connectivity index (χ0v) is 23.1. The van der Waals surface area contributed by atoms with Gasteiger partial charge in [-0.05, 0) is 59.7 Å². The van der Waals surface area contributed by atoms with Gasteiger partial charge in [-0.3, -0.25) is 11.5 Å². The molecule has 0 amide bonds. The van der Waals surface area contributed by atoms with Crippen molar-refractivity contribution < 1.29 is 10.2 Å². The van der Waals surface area contributed by atoms with Crippen LogP contribution in [0.1, 0.15) is 11.1 Å². The molecule has 0 fully saturated rings. The van der Waals surface area contributed by atoms with Crippen molar-refractivity contribution in [2.45, 2.75) is 13.1 Å². The lowest BCUT2D eigenvalue weighted by atomic mass is 10.1. The van der Waals surface area contributed by atoms with Crippen LogP contribution in [0.25, 0.3) is 0 Å². The van der Waals surface area contributed by atoms with Gasteiger partial charge >= 0.3 is 0 Å². The van der Waals surface area contributed by atoms with Gasteiger partial charge in [0, 0.05) is 39.3 Å². The number of aromatic hydroxyl groups is 2. The molecule has 14 heteroatoms. The molecule has 0 spiro atoms. The van der Waals surface area contributed by atoms with Gasteiger partial charge in [-0.1, -0.05) is 24.3 Å². The van der Waals surface area contributed by atoms with E-state index >= 15 is 0 Å². The zero-order valence-electron chi connectivity index (χ0n) is 23.1. The first-order valence-corrected chi connectivity index (χ1v) is 13.0. The number of nitrogens with zero attached hydrogens (tertiary/aromatic N) is 6. The smallest absolute Gasteiger partial charge is 0.223 e. The second-order valence-corrected chi connectivity index (χ2v) is 9.07. The Morgan fingerprint density at radius 3 is 1.21 bits per heavy atom. The summed E-state index contributed by atoms with van der Waals surface area (Å²) in [5.74, 6) is 0.388. The first-order chi connectivity index (χ1) is 20.2. The molecule has 220 valence electrons. The molecule has 0 unspecified atom stereocenters. The second kappa shape index (κ2) is 15.4. The number of nitrogens with one attached hydrogen (secondary N) is 2. The molecule has 0 saturated carbocycles.